The van der Waals surface area contributed by atoms with Crippen LogP contribution in [0.15, 0.2) is 18.2 Å². The molecule has 1 aromatic carbocycles. The van der Waals surface area contributed by atoms with Gasteiger partial charge in [-0.2, -0.15) is 0 Å². The van der Waals surface area contributed by atoms with Crippen LogP contribution in [-0.4, -0.2) is 0 Å². The summed E-state index contributed by atoms with van der Waals surface area (Å²) in [5.74, 6) is 0.122. The van der Waals surface area contributed by atoms with Crippen LogP contribution in [0.25, 0.3) is 0 Å². The van der Waals surface area contributed by atoms with Crippen molar-refractivity contribution in [2.45, 2.75) is 26.8 Å². The second-order valence-electron chi connectivity index (χ2n) is 3.77. The Labute approximate surface area is 90.9 Å². The van der Waals surface area contributed by atoms with Crippen LogP contribution in [-0.2, 0) is 0 Å². The number of benzene rings is 1. The molecule has 0 unspecified atom stereocenters. The van der Waals surface area contributed by atoms with Crippen molar-refractivity contribution in [1.82, 2.24) is 0 Å². The lowest BCUT2D eigenvalue weighted by Gasteiger charge is -2.18. The Morgan fingerprint density at radius 2 is 1.86 bits per heavy atom. The predicted molar refractivity (Wildman–Crippen MR) is 60.2 cm³/mol. The van der Waals surface area contributed by atoms with E-state index in [0.717, 1.165) is 11.1 Å². The van der Waals surface area contributed by atoms with E-state index in [1.165, 1.54) is 12.1 Å². The SMILES string of the molecule is Cc1ccc(F)cc1[C@H](N)C(C)C.Cl. The van der Waals surface area contributed by atoms with Crippen LogP contribution in [0, 0.1) is 18.7 Å². The molecule has 1 rings (SSSR count). The molecule has 0 saturated carbocycles. The number of rotatable bonds is 2. The fourth-order valence-corrected chi connectivity index (χ4v) is 1.33. The maximum atomic E-state index is 12.9. The molecule has 0 aliphatic carbocycles. The number of hydrogen-bond acceptors (Lipinski definition) is 1. The van der Waals surface area contributed by atoms with Gasteiger partial charge in [-0.3, -0.25) is 0 Å². The second kappa shape index (κ2) is 5.32. The quantitative estimate of drug-likeness (QED) is 0.809. The Hall–Kier alpha value is -0.600. The Bertz CT molecular complexity index is 299. The van der Waals surface area contributed by atoms with Crippen LogP contribution in [0.2, 0.25) is 0 Å². The molecular weight excluding hydrogens is 201 g/mol. The molecule has 3 heteroatoms. The summed E-state index contributed by atoms with van der Waals surface area (Å²) in [6, 6.07) is 4.69. The molecule has 0 spiro atoms. The highest BCUT2D eigenvalue weighted by atomic mass is 35.5. The topological polar surface area (TPSA) is 26.0 Å². The van der Waals surface area contributed by atoms with Gasteiger partial charge in [-0.15, -0.1) is 12.4 Å². The average molecular weight is 218 g/mol. The smallest absolute Gasteiger partial charge is 0.123 e. The Morgan fingerprint density at radius 1 is 1.29 bits per heavy atom. The molecule has 0 bridgehead atoms. The Morgan fingerprint density at radius 3 is 2.36 bits per heavy atom. The molecule has 0 fully saturated rings. The molecule has 1 aromatic rings. The molecule has 0 aromatic heterocycles. The Kier molecular flexibility index (Phi) is 5.09. The fourth-order valence-electron chi connectivity index (χ4n) is 1.33. The molecule has 0 aliphatic rings. The van der Waals surface area contributed by atoms with Crippen LogP contribution >= 0.6 is 12.4 Å². The molecule has 80 valence electrons. The third-order valence-electron chi connectivity index (χ3n) is 2.32. The van der Waals surface area contributed by atoms with E-state index in [1.54, 1.807) is 6.07 Å². The van der Waals surface area contributed by atoms with Crippen molar-refractivity contribution in [2.24, 2.45) is 11.7 Å². The normalized spacial score (nSPS) is 12.4. The minimum absolute atomic E-state index is 0. The summed E-state index contributed by atoms with van der Waals surface area (Å²) < 4.78 is 12.9. The second-order valence-corrected chi connectivity index (χ2v) is 3.77. The lowest BCUT2D eigenvalue weighted by atomic mass is 9.93. The number of halogens is 2. The van der Waals surface area contributed by atoms with Gasteiger partial charge in [-0.25, -0.2) is 4.39 Å². The molecule has 14 heavy (non-hydrogen) atoms. The standard InChI is InChI=1S/C11H16FN.ClH/c1-7(2)11(13)10-6-9(12)5-4-8(10)3;/h4-7,11H,13H2,1-3H3;1H/t11-;/m1./s1. The number of hydrogen-bond donors (Lipinski definition) is 1. The molecule has 0 amide bonds. The number of nitrogens with two attached hydrogens (primary N) is 1. The maximum Gasteiger partial charge on any atom is 0.123 e. The van der Waals surface area contributed by atoms with Crippen molar-refractivity contribution >= 4 is 12.4 Å². The van der Waals surface area contributed by atoms with E-state index in [4.69, 9.17) is 5.73 Å². The molecular formula is C11H17ClFN. The minimum atomic E-state index is -0.211. The van der Waals surface area contributed by atoms with Crippen molar-refractivity contribution in [3.05, 3.63) is 35.1 Å². The number of aryl methyl sites for hydroxylation is 1. The van der Waals surface area contributed by atoms with E-state index in [9.17, 15) is 4.39 Å². The van der Waals surface area contributed by atoms with Gasteiger partial charge in [0.2, 0.25) is 0 Å². The van der Waals surface area contributed by atoms with Gasteiger partial charge in [-0.05, 0) is 36.1 Å². The van der Waals surface area contributed by atoms with Gasteiger partial charge in [0.15, 0.2) is 0 Å². The van der Waals surface area contributed by atoms with E-state index in [2.05, 4.69) is 0 Å². The average Bonchev–Trinajstić information content (AvgIpc) is 2.08. The van der Waals surface area contributed by atoms with E-state index in [-0.39, 0.29) is 24.3 Å². The van der Waals surface area contributed by atoms with Crippen LogP contribution in [0.3, 0.4) is 0 Å². The molecule has 0 radical (unpaired) electrons. The van der Waals surface area contributed by atoms with Crippen LogP contribution < -0.4 is 5.73 Å². The molecule has 0 saturated heterocycles. The summed E-state index contributed by atoms with van der Waals surface area (Å²) in [6.45, 7) is 6.03. The van der Waals surface area contributed by atoms with E-state index in [1.807, 2.05) is 20.8 Å². The van der Waals surface area contributed by atoms with E-state index >= 15 is 0 Å². The first-order chi connectivity index (χ1) is 6.02. The predicted octanol–water partition coefficient (Wildman–Crippen LogP) is 3.21. The van der Waals surface area contributed by atoms with Crippen molar-refractivity contribution in [2.75, 3.05) is 0 Å². The third-order valence-corrected chi connectivity index (χ3v) is 2.32. The maximum absolute atomic E-state index is 12.9. The van der Waals surface area contributed by atoms with Gasteiger partial charge >= 0.3 is 0 Å². The molecule has 0 aliphatic heterocycles. The minimum Gasteiger partial charge on any atom is -0.324 e. The highest BCUT2D eigenvalue weighted by Gasteiger charge is 2.13. The lowest BCUT2D eigenvalue weighted by molar-refractivity contribution is 0.508. The zero-order valence-electron chi connectivity index (χ0n) is 8.75. The van der Waals surface area contributed by atoms with E-state index in [0.29, 0.717) is 5.92 Å². The Balaban J connectivity index is 0.00000169. The zero-order valence-corrected chi connectivity index (χ0v) is 9.57. The van der Waals surface area contributed by atoms with Crippen molar-refractivity contribution in [1.29, 1.82) is 0 Å². The van der Waals surface area contributed by atoms with Gasteiger partial charge < -0.3 is 5.73 Å². The summed E-state index contributed by atoms with van der Waals surface area (Å²) in [5.41, 5.74) is 7.91. The van der Waals surface area contributed by atoms with Crippen LogP contribution in [0.4, 0.5) is 4.39 Å². The van der Waals surface area contributed by atoms with Crippen molar-refractivity contribution < 1.29 is 4.39 Å². The third kappa shape index (κ3) is 2.96. The van der Waals surface area contributed by atoms with Gasteiger partial charge in [0.25, 0.3) is 0 Å². The van der Waals surface area contributed by atoms with Crippen LogP contribution in [0.1, 0.15) is 31.0 Å². The van der Waals surface area contributed by atoms with Crippen molar-refractivity contribution in [3.8, 4) is 0 Å². The fraction of sp³-hybridized carbons (Fsp3) is 0.455. The zero-order chi connectivity index (χ0) is 10.0. The monoisotopic (exact) mass is 217 g/mol. The first-order valence-corrected chi connectivity index (χ1v) is 4.54. The van der Waals surface area contributed by atoms with Gasteiger partial charge in [0.05, 0.1) is 0 Å². The molecule has 0 heterocycles. The lowest BCUT2D eigenvalue weighted by Crippen LogP contribution is -2.17. The van der Waals surface area contributed by atoms with Crippen molar-refractivity contribution in [3.63, 3.8) is 0 Å². The summed E-state index contributed by atoms with van der Waals surface area (Å²) in [5, 5.41) is 0. The molecule has 1 nitrogen and oxygen atoms in total. The summed E-state index contributed by atoms with van der Waals surface area (Å²) in [7, 11) is 0. The highest BCUT2D eigenvalue weighted by Crippen LogP contribution is 2.22. The summed E-state index contributed by atoms with van der Waals surface area (Å²) >= 11 is 0. The van der Waals surface area contributed by atoms with Crippen LogP contribution in [0.5, 0.6) is 0 Å². The van der Waals surface area contributed by atoms with E-state index < -0.39 is 0 Å². The van der Waals surface area contributed by atoms with Gasteiger partial charge in [0.1, 0.15) is 5.82 Å². The summed E-state index contributed by atoms with van der Waals surface area (Å²) in [4.78, 5) is 0. The highest BCUT2D eigenvalue weighted by molar-refractivity contribution is 5.85. The van der Waals surface area contributed by atoms with Gasteiger partial charge in [-0.1, -0.05) is 19.9 Å². The first kappa shape index (κ1) is 13.4. The van der Waals surface area contributed by atoms with Gasteiger partial charge in [0, 0.05) is 6.04 Å². The summed E-state index contributed by atoms with van der Waals surface area (Å²) in [6.07, 6.45) is 0. The largest absolute Gasteiger partial charge is 0.324 e. The molecule has 2 N–H and O–H groups in total. The molecule has 1 atom stereocenters. The first-order valence-electron chi connectivity index (χ1n) is 4.54.